The van der Waals surface area contributed by atoms with Gasteiger partial charge in [-0.2, -0.15) is 9.97 Å². The molecule has 0 unspecified atom stereocenters. The maximum Gasteiger partial charge on any atom is 0.319 e. The van der Waals surface area contributed by atoms with Gasteiger partial charge >= 0.3 is 6.01 Å². The van der Waals surface area contributed by atoms with Crippen LogP contribution in [-0.4, -0.2) is 71.4 Å². The number of fused-ring (bicyclic) bond motifs is 5. The van der Waals surface area contributed by atoms with Crippen molar-refractivity contribution in [3.63, 3.8) is 0 Å². The van der Waals surface area contributed by atoms with Crippen molar-refractivity contribution in [2.24, 2.45) is 0 Å². The Balaban J connectivity index is 1.27. The standard InChI is InChI=1S/C32H31Cl2F2N5O/c33-25-9-8-23(21-4-1-2-5-22(21)25)27-26(34)12-24-29(28(27)36)38-31(39-30(24)40-15-19-6-7-20(16-40)37-19)42-17-32-10-3-11-41(32)14-18(35)13-32/h1-2,4-5,8-9,12,18-20,37H,3,6-7,10-11,13-17H2/t18-,19-,20+,32+/m1/s1. The topological polar surface area (TPSA) is 53.5 Å². The van der Waals surface area contributed by atoms with Gasteiger partial charge in [0.05, 0.1) is 10.6 Å². The molecule has 3 aromatic carbocycles. The van der Waals surface area contributed by atoms with E-state index in [0.29, 0.717) is 46.8 Å². The minimum absolute atomic E-state index is 0.111. The summed E-state index contributed by atoms with van der Waals surface area (Å²) in [6.45, 7) is 3.08. The van der Waals surface area contributed by atoms with Gasteiger partial charge in [0.1, 0.15) is 24.1 Å². The predicted molar refractivity (Wildman–Crippen MR) is 163 cm³/mol. The number of hydrogen-bond donors (Lipinski definition) is 1. The first-order chi connectivity index (χ1) is 20.4. The number of rotatable bonds is 5. The van der Waals surface area contributed by atoms with Gasteiger partial charge in [-0.15, -0.1) is 0 Å². The SMILES string of the molecule is Fc1c(-c2ccc(Cl)c3ccccc23)c(Cl)cc2c(N3C[C@H]4CC[C@@H](C3)N4)nc(OC[C@@]34CCCN3C[C@H](F)C4)nc12. The largest absolute Gasteiger partial charge is 0.461 e. The van der Waals surface area contributed by atoms with Crippen molar-refractivity contribution in [3.8, 4) is 17.1 Å². The molecule has 0 amide bonds. The molecule has 4 atom stereocenters. The molecule has 5 heterocycles. The Morgan fingerprint density at radius 1 is 0.976 bits per heavy atom. The fraction of sp³-hybridized carbons (Fsp3) is 0.438. The highest BCUT2D eigenvalue weighted by Crippen LogP contribution is 2.44. The zero-order chi connectivity index (χ0) is 28.6. The molecule has 0 radical (unpaired) electrons. The third-order valence-corrected chi connectivity index (χ3v) is 10.4. The molecule has 4 aromatic rings. The van der Waals surface area contributed by atoms with Crippen molar-refractivity contribution in [2.75, 3.05) is 37.7 Å². The lowest BCUT2D eigenvalue weighted by atomic mass is 9.95. The van der Waals surface area contributed by atoms with Crippen molar-refractivity contribution in [1.29, 1.82) is 0 Å². The number of nitrogens with one attached hydrogen (secondary N) is 1. The molecular formula is C32H31Cl2F2N5O. The molecule has 42 heavy (non-hydrogen) atoms. The number of anilines is 1. The highest BCUT2D eigenvalue weighted by Gasteiger charge is 2.49. The van der Waals surface area contributed by atoms with Crippen LogP contribution in [0.2, 0.25) is 10.0 Å². The van der Waals surface area contributed by atoms with Crippen molar-refractivity contribution in [3.05, 3.63) is 58.3 Å². The smallest absolute Gasteiger partial charge is 0.319 e. The van der Waals surface area contributed by atoms with Gasteiger partial charge in [0, 0.05) is 59.5 Å². The van der Waals surface area contributed by atoms with E-state index < -0.39 is 12.0 Å². The van der Waals surface area contributed by atoms with Crippen LogP contribution in [0.4, 0.5) is 14.6 Å². The zero-order valence-corrected chi connectivity index (χ0v) is 24.6. The van der Waals surface area contributed by atoms with E-state index in [9.17, 15) is 4.39 Å². The first kappa shape index (κ1) is 26.8. The second kappa shape index (κ2) is 10.2. The highest BCUT2D eigenvalue weighted by molar-refractivity contribution is 6.37. The molecule has 10 heteroatoms. The third kappa shape index (κ3) is 4.33. The number of alkyl halides is 1. The van der Waals surface area contributed by atoms with Gasteiger partial charge in [-0.05, 0) is 55.3 Å². The molecule has 4 saturated heterocycles. The minimum Gasteiger partial charge on any atom is -0.461 e. The zero-order valence-electron chi connectivity index (χ0n) is 23.1. The fourth-order valence-electron chi connectivity index (χ4n) is 7.81. The first-order valence-corrected chi connectivity index (χ1v) is 15.5. The normalized spacial score (nSPS) is 27.3. The molecule has 2 bridgehead atoms. The Morgan fingerprint density at radius 2 is 1.76 bits per heavy atom. The summed E-state index contributed by atoms with van der Waals surface area (Å²) >= 11 is 13.4. The molecule has 1 N–H and O–H groups in total. The molecule has 6 nitrogen and oxygen atoms in total. The maximum absolute atomic E-state index is 16.8. The fourth-order valence-corrected chi connectivity index (χ4v) is 8.33. The number of piperazine rings is 1. The molecule has 4 aliphatic heterocycles. The van der Waals surface area contributed by atoms with Crippen LogP contribution in [0.3, 0.4) is 0 Å². The van der Waals surface area contributed by atoms with Gasteiger partial charge < -0.3 is 15.0 Å². The average Bonchev–Trinajstić information content (AvgIpc) is 3.63. The van der Waals surface area contributed by atoms with E-state index in [2.05, 4.69) is 20.1 Å². The molecule has 1 aromatic heterocycles. The monoisotopic (exact) mass is 609 g/mol. The van der Waals surface area contributed by atoms with Crippen LogP contribution in [0.5, 0.6) is 6.01 Å². The van der Waals surface area contributed by atoms with Crippen LogP contribution in [0, 0.1) is 5.82 Å². The van der Waals surface area contributed by atoms with Crippen molar-refractivity contribution in [1.82, 2.24) is 20.2 Å². The second-order valence-corrected chi connectivity index (χ2v) is 13.1. The summed E-state index contributed by atoms with van der Waals surface area (Å²) in [7, 11) is 0. The number of hydrogen-bond acceptors (Lipinski definition) is 6. The summed E-state index contributed by atoms with van der Waals surface area (Å²) < 4.78 is 37.5. The van der Waals surface area contributed by atoms with Crippen LogP contribution in [-0.2, 0) is 0 Å². The summed E-state index contributed by atoms with van der Waals surface area (Å²) in [4.78, 5) is 13.9. The number of benzene rings is 3. The lowest BCUT2D eigenvalue weighted by Gasteiger charge is -2.34. The summed E-state index contributed by atoms with van der Waals surface area (Å²) in [5, 5.41) is 6.69. The molecule has 0 spiro atoms. The second-order valence-electron chi connectivity index (χ2n) is 12.3. The number of ether oxygens (including phenoxy) is 1. The Morgan fingerprint density at radius 3 is 2.57 bits per heavy atom. The van der Waals surface area contributed by atoms with Gasteiger partial charge in [0.25, 0.3) is 0 Å². The van der Waals surface area contributed by atoms with Gasteiger partial charge in [-0.25, -0.2) is 8.78 Å². The van der Waals surface area contributed by atoms with E-state index in [-0.39, 0.29) is 34.3 Å². The van der Waals surface area contributed by atoms with E-state index >= 15 is 4.39 Å². The molecule has 218 valence electrons. The molecule has 8 rings (SSSR count). The molecular weight excluding hydrogens is 579 g/mol. The van der Waals surface area contributed by atoms with Gasteiger partial charge in [-0.1, -0.05) is 53.5 Å². The van der Waals surface area contributed by atoms with Crippen molar-refractivity contribution < 1.29 is 13.5 Å². The van der Waals surface area contributed by atoms with E-state index in [1.54, 1.807) is 18.2 Å². The van der Waals surface area contributed by atoms with E-state index in [4.69, 9.17) is 32.9 Å². The highest BCUT2D eigenvalue weighted by atomic mass is 35.5. The van der Waals surface area contributed by atoms with Crippen molar-refractivity contribution >= 4 is 50.7 Å². The van der Waals surface area contributed by atoms with Crippen LogP contribution >= 0.6 is 23.2 Å². The van der Waals surface area contributed by atoms with Gasteiger partial charge in [-0.3, -0.25) is 4.90 Å². The molecule has 4 aliphatic rings. The minimum atomic E-state index is -0.866. The first-order valence-electron chi connectivity index (χ1n) is 14.8. The summed E-state index contributed by atoms with van der Waals surface area (Å²) in [5.74, 6) is 0.0965. The van der Waals surface area contributed by atoms with Crippen LogP contribution in [0.25, 0.3) is 32.8 Å². The Labute approximate surface area is 252 Å². The average molecular weight is 611 g/mol. The van der Waals surface area contributed by atoms with Gasteiger partial charge in [0.15, 0.2) is 5.82 Å². The Kier molecular flexibility index (Phi) is 6.48. The van der Waals surface area contributed by atoms with E-state index in [1.807, 2.05) is 24.3 Å². The summed E-state index contributed by atoms with van der Waals surface area (Å²) in [5.41, 5.74) is 0.708. The predicted octanol–water partition coefficient (Wildman–Crippen LogP) is 6.79. The van der Waals surface area contributed by atoms with Crippen LogP contribution < -0.4 is 15.0 Å². The van der Waals surface area contributed by atoms with E-state index in [1.165, 1.54) is 0 Å². The summed E-state index contributed by atoms with van der Waals surface area (Å²) in [6.07, 6.45) is 3.64. The van der Waals surface area contributed by atoms with Crippen LogP contribution in [0.15, 0.2) is 42.5 Å². The quantitative estimate of drug-likeness (QED) is 0.269. The molecule has 0 aliphatic carbocycles. The van der Waals surface area contributed by atoms with Crippen LogP contribution in [0.1, 0.15) is 32.1 Å². The number of aromatic nitrogens is 2. The Bertz CT molecular complexity index is 1710. The lowest BCUT2D eigenvalue weighted by Crippen LogP contribution is -2.51. The van der Waals surface area contributed by atoms with Gasteiger partial charge in [0.2, 0.25) is 0 Å². The number of halogens is 4. The number of nitrogens with zero attached hydrogens (tertiary/aromatic N) is 4. The summed E-state index contributed by atoms with van der Waals surface area (Å²) in [6, 6.07) is 13.8. The maximum atomic E-state index is 16.8. The molecule has 4 fully saturated rings. The molecule has 0 saturated carbocycles. The van der Waals surface area contributed by atoms with Crippen molar-refractivity contribution in [2.45, 2.75) is 55.9 Å². The third-order valence-electron chi connectivity index (χ3n) is 9.73. The Hall–Kier alpha value is -2.78. The lowest BCUT2D eigenvalue weighted by molar-refractivity contribution is 0.107. The van der Waals surface area contributed by atoms with E-state index in [0.717, 1.165) is 56.1 Å².